The highest BCUT2D eigenvalue weighted by molar-refractivity contribution is 5.36. The normalized spacial score (nSPS) is 52.0. The predicted octanol–water partition coefficient (Wildman–Crippen LogP) is 3.44. The van der Waals surface area contributed by atoms with Gasteiger partial charge in [-0.1, -0.05) is 37.6 Å². The Morgan fingerprint density at radius 3 is 2.82 bits per heavy atom. The minimum absolute atomic E-state index is 0.132. The third kappa shape index (κ3) is 1.44. The van der Waals surface area contributed by atoms with Gasteiger partial charge in [0.05, 0.1) is 23.5 Å². The molecule has 1 saturated carbocycles. The van der Waals surface area contributed by atoms with Gasteiger partial charge >= 0.3 is 0 Å². The van der Waals surface area contributed by atoms with Crippen molar-refractivity contribution in [2.24, 2.45) is 22.2 Å². The van der Waals surface area contributed by atoms with Crippen molar-refractivity contribution in [3.63, 3.8) is 0 Å². The topological polar surface area (TPSA) is 38.7 Å². The Kier molecular flexibility index (Phi) is 2.88. The summed E-state index contributed by atoms with van der Waals surface area (Å²) in [4.78, 5) is 0. The van der Waals surface area contributed by atoms with Crippen LogP contribution in [0, 0.1) is 22.2 Å². The van der Waals surface area contributed by atoms with Gasteiger partial charge in [0.1, 0.15) is 0 Å². The molecular formula is C19H28O3. The highest BCUT2D eigenvalue weighted by Crippen LogP contribution is 2.71. The number of hydrogen-bond acceptors (Lipinski definition) is 3. The molecule has 0 aromatic heterocycles. The van der Waals surface area contributed by atoms with Gasteiger partial charge in [0, 0.05) is 13.5 Å². The van der Waals surface area contributed by atoms with Crippen LogP contribution in [0.4, 0.5) is 0 Å². The van der Waals surface area contributed by atoms with E-state index in [9.17, 15) is 5.11 Å². The van der Waals surface area contributed by atoms with Crippen LogP contribution in [0.25, 0.3) is 0 Å². The molecule has 1 N–H and O–H groups in total. The average Bonchev–Trinajstić information content (AvgIpc) is 2.77. The first-order chi connectivity index (χ1) is 10.3. The van der Waals surface area contributed by atoms with E-state index in [4.69, 9.17) is 9.47 Å². The van der Waals surface area contributed by atoms with Gasteiger partial charge in [0.25, 0.3) is 0 Å². The zero-order chi connectivity index (χ0) is 15.8. The molecule has 5 atom stereocenters. The van der Waals surface area contributed by atoms with E-state index in [1.54, 1.807) is 7.11 Å². The van der Waals surface area contributed by atoms with Crippen LogP contribution in [0.3, 0.4) is 0 Å². The summed E-state index contributed by atoms with van der Waals surface area (Å²) >= 11 is 0. The van der Waals surface area contributed by atoms with Gasteiger partial charge in [0.15, 0.2) is 5.79 Å². The maximum absolute atomic E-state index is 11.3. The lowest BCUT2D eigenvalue weighted by Crippen LogP contribution is -2.63. The molecule has 5 rings (SSSR count). The number of allylic oxidation sites excluding steroid dienone is 2. The Labute approximate surface area is 133 Å². The molecule has 2 unspecified atom stereocenters. The van der Waals surface area contributed by atoms with Gasteiger partial charge in [-0.3, -0.25) is 0 Å². The highest BCUT2D eigenvalue weighted by Gasteiger charge is 2.74. The Hall–Kier alpha value is -0.640. The standard InChI is InChI=1S/C19H28O3/c1-13-10-18-9-6-14(13)11-19(18,21-4)22-12-17(18)8-5-7-16(2,3)15(17)20/h5,8,10,14-15,20H,6-7,9,11-12H2,1-4H3/t14?,15-,17+,18?,19+/m1/s1. The average molecular weight is 304 g/mol. The summed E-state index contributed by atoms with van der Waals surface area (Å²) in [6.45, 7) is 7.12. The van der Waals surface area contributed by atoms with Crippen molar-refractivity contribution in [3.8, 4) is 0 Å². The maximum atomic E-state index is 11.3. The summed E-state index contributed by atoms with van der Waals surface area (Å²) in [5, 5.41) is 11.3. The maximum Gasteiger partial charge on any atom is 0.178 e. The van der Waals surface area contributed by atoms with Crippen LogP contribution in [0.5, 0.6) is 0 Å². The largest absolute Gasteiger partial charge is 0.392 e. The van der Waals surface area contributed by atoms with Crippen LogP contribution < -0.4 is 0 Å². The molecule has 3 nitrogen and oxygen atoms in total. The van der Waals surface area contributed by atoms with E-state index >= 15 is 0 Å². The molecule has 0 aromatic rings. The van der Waals surface area contributed by atoms with E-state index < -0.39 is 11.9 Å². The lowest BCUT2D eigenvalue weighted by Gasteiger charge is -2.60. The van der Waals surface area contributed by atoms with Gasteiger partial charge in [-0.05, 0) is 37.5 Å². The molecule has 122 valence electrons. The molecule has 1 aliphatic heterocycles. The predicted molar refractivity (Wildman–Crippen MR) is 85.2 cm³/mol. The van der Waals surface area contributed by atoms with Gasteiger partial charge in [-0.25, -0.2) is 0 Å². The second-order valence-corrected chi connectivity index (χ2v) is 8.58. The fraction of sp³-hybridized carbons (Fsp3) is 0.789. The zero-order valence-corrected chi connectivity index (χ0v) is 14.2. The SMILES string of the molecule is CO[C@]12CC3CCC1(C=C3C)[C@@]1(C=CCC(C)(C)[C@H]1O)CO2. The molecule has 1 saturated heterocycles. The van der Waals surface area contributed by atoms with Crippen LogP contribution >= 0.6 is 0 Å². The Bertz CT molecular complexity index is 563. The van der Waals surface area contributed by atoms with Gasteiger partial charge in [-0.2, -0.15) is 0 Å². The van der Waals surface area contributed by atoms with Crippen molar-refractivity contribution < 1.29 is 14.6 Å². The van der Waals surface area contributed by atoms with Gasteiger partial charge < -0.3 is 14.6 Å². The van der Waals surface area contributed by atoms with Crippen LogP contribution in [0.15, 0.2) is 23.8 Å². The summed E-state index contributed by atoms with van der Waals surface area (Å²) in [6.07, 6.45) is 10.5. The lowest BCUT2D eigenvalue weighted by molar-refractivity contribution is -0.268. The fourth-order valence-corrected chi connectivity index (χ4v) is 5.87. The second-order valence-electron chi connectivity index (χ2n) is 8.58. The van der Waals surface area contributed by atoms with Crippen LogP contribution in [0.2, 0.25) is 0 Å². The molecule has 1 heterocycles. The monoisotopic (exact) mass is 304 g/mol. The zero-order valence-electron chi connectivity index (χ0n) is 14.2. The van der Waals surface area contributed by atoms with Crippen LogP contribution in [-0.2, 0) is 9.47 Å². The smallest absolute Gasteiger partial charge is 0.178 e. The first-order valence-electron chi connectivity index (χ1n) is 8.57. The van der Waals surface area contributed by atoms with E-state index in [0.29, 0.717) is 12.5 Å². The van der Waals surface area contributed by atoms with Gasteiger partial charge in [0.2, 0.25) is 0 Å². The van der Waals surface area contributed by atoms with Crippen molar-refractivity contribution in [1.82, 2.24) is 0 Å². The molecule has 0 aromatic carbocycles. The van der Waals surface area contributed by atoms with E-state index in [0.717, 1.165) is 19.3 Å². The quantitative estimate of drug-likeness (QED) is 0.754. The molecule has 3 heteroatoms. The van der Waals surface area contributed by atoms with Crippen molar-refractivity contribution >= 4 is 0 Å². The number of methoxy groups -OCH3 is 1. The molecule has 0 amide bonds. The van der Waals surface area contributed by atoms with Crippen molar-refractivity contribution in [1.29, 1.82) is 0 Å². The fourth-order valence-electron chi connectivity index (χ4n) is 5.87. The van der Waals surface area contributed by atoms with E-state index in [-0.39, 0.29) is 16.2 Å². The van der Waals surface area contributed by atoms with E-state index in [1.807, 2.05) is 0 Å². The van der Waals surface area contributed by atoms with Crippen LogP contribution in [0.1, 0.15) is 46.5 Å². The first-order valence-corrected chi connectivity index (χ1v) is 8.57. The summed E-state index contributed by atoms with van der Waals surface area (Å²) < 4.78 is 12.4. The third-order valence-corrected chi connectivity index (χ3v) is 7.19. The Balaban J connectivity index is 1.94. The minimum atomic E-state index is -0.561. The summed E-state index contributed by atoms with van der Waals surface area (Å²) in [6, 6.07) is 0. The first kappa shape index (κ1) is 14.9. The van der Waals surface area contributed by atoms with E-state index in [1.165, 1.54) is 12.0 Å². The molecule has 2 fully saturated rings. The Morgan fingerprint density at radius 1 is 1.36 bits per heavy atom. The molecule has 4 aliphatic carbocycles. The summed E-state index contributed by atoms with van der Waals surface area (Å²) in [7, 11) is 1.77. The highest BCUT2D eigenvalue weighted by atomic mass is 16.7. The van der Waals surface area contributed by atoms with Crippen molar-refractivity contribution in [3.05, 3.63) is 23.8 Å². The van der Waals surface area contributed by atoms with E-state index in [2.05, 4.69) is 39.0 Å². The number of aliphatic hydroxyl groups excluding tert-OH is 1. The second kappa shape index (κ2) is 4.25. The number of aliphatic hydroxyl groups is 1. The number of ether oxygens (including phenoxy) is 2. The number of rotatable bonds is 1. The molecule has 0 radical (unpaired) electrons. The third-order valence-electron chi connectivity index (χ3n) is 7.19. The molecule has 5 aliphatic rings. The molecule has 2 spiro atoms. The minimum Gasteiger partial charge on any atom is -0.392 e. The summed E-state index contributed by atoms with van der Waals surface area (Å²) in [5.74, 6) is 0.00319. The van der Waals surface area contributed by atoms with Gasteiger partial charge in [-0.15, -0.1) is 0 Å². The number of hydrogen-bond donors (Lipinski definition) is 1. The van der Waals surface area contributed by atoms with Crippen molar-refractivity contribution in [2.45, 2.75) is 58.3 Å². The number of fused-ring (bicyclic) bond motifs is 1. The Morgan fingerprint density at radius 2 is 2.14 bits per heavy atom. The lowest BCUT2D eigenvalue weighted by atomic mass is 9.45. The summed E-state index contributed by atoms with van der Waals surface area (Å²) in [5.41, 5.74) is 0.721. The van der Waals surface area contributed by atoms with Crippen LogP contribution in [-0.4, -0.2) is 30.7 Å². The molecule has 2 bridgehead atoms. The van der Waals surface area contributed by atoms with Crippen molar-refractivity contribution in [2.75, 3.05) is 13.7 Å². The molecule has 22 heavy (non-hydrogen) atoms. The molecular weight excluding hydrogens is 276 g/mol.